The molecule has 2 unspecified atom stereocenters. The van der Waals surface area contributed by atoms with E-state index in [1.165, 1.54) is 5.56 Å². The van der Waals surface area contributed by atoms with Crippen molar-refractivity contribution in [3.8, 4) is 0 Å². The zero-order chi connectivity index (χ0) is 9.68. The Kier molecular flexibility index (Phi) is 4.42. The molecule has 74 valence electrons. The Labute approximate surface area is 83.7 Å². The molecule has 3 heteroatoms. The maximum atomic E-state index is 6.01. The van der Waals surface area contributed by atoms with Crippen LogP contribution in [0, 0.1) is 0 Å². The largest absolute Gasteiger partial charge is 0.380 e. The van der Waals surface area contributed by atoms with Crippen LogP contribution in [0.25, 0.3) is 0 Å². The molecule has 0 saturated heterocycles. The molecule has 1 heterocycles. The van der Waals surface area contributed by atoms with Crippen molar-refractivity contribution in [2.45, 2.75) is 31.9 Å². The summed E-state index contributed by atoms with van der Waals surface area (Å²) >= 11 is 1.71. The Morgan fingerprint density at radius 2 is 2.38 bits per heavy atom. The van der Waals surface area contributed by atoms with Crippen LogP contribution < -0.4 is 5.73 Å². The molecule has 0 spiro atoms. The predicted molar refractivity (Wildman–Crippen MR) is 57.1 cm³/mol. The van der Waals surface area contributed by atoms with E-state index in [0.717, 1.165) is 12.8 Å². The first-order valence-electron chi connectivity index (χ1n) is 4.57. The maximum absolute atomic E-state index is 6.01. The normalized spacial score (nSPS) is 15.6. The van der Waals surface area contributed by atoms with Crippen LogP contribution >= 0.6 is 11.3 Å². The molecular weight excluding hydrogens is 182 g/mol. The van der Waals surface area contributed by atoms with Gasteiger partial charge in [-0.15, -0.1) is 0 Å². The summed E-state index contributed by atoms with van der Waals surface area (Å²) < 4.78 is 5.29. The highest BCUT2D eigenvalue weighted by atomic mass is 32.1. The number of thiophene rings is 1. The van der Waals surface area contributed by atoms with Crippen molar-refractivity contribution in [3.05, 3.63) is 22.4 Å². The van der Waals surface area contributed by atoms with Crippen LogP contribution in [0.5, 0.6) is 0 Å². The van der Waals surface area contributed by atoms with Gasteiger partial charge < -0.3 is 10.5 Å². The van der Waals surface area contributed by atoms with Crippen molar-refractivity contribution < 1.29 is 4.74 Å². The minimum atomic E-state index is 0.115. The average Bonchev–Trinajstić information content (AvgIpc) is 2.59. The molecule has 0 fully saturated rings. The van der Waals surface area contributed by atoms with Crippen LogP contribution in [-0.2, 0) is 11.2 Å². The Morgan fingerprint density at radius 1 is 1.62 bits per heavy atom. The lowest BCUT2D eigenvalue weighted by molar-refractivity contribution is 0.0773. The van der Waals surface area contributed by atoms with Gasteiger partial charge in [-0.25, -0.2) is 0 Å². The Morgan fingerprint density at radius 3 is 2.85 bits per heavy atom. The van der Waals surface area contributed by atoms with Crippen molar-refractivity contribution in [3.63, 3.8) is 0 Å². The lowest BCUT2D eigenvalue weighted by Crippen LogP contribution is -2.37. The average molecular weight is 199 g/mol. The summed E-state index contributed by atoms with van der Waals surface area (Å²) in [5.41, 5.74) is 7.32. The molecule has 0 aliphatic rings. The first-order valence-corrected chi connectivity index (χ1v) is 5.51. The molecule has 0 aromatic carbocycles. The van der Waals surface area contributed by atoms with Crippen molar-refractivity contribution in [2.24, 2.45) is 5.73 Å². The fourth-order valence-electron chi connectivity index (χ4n) is 1.46. The van der Waals surface area contributed by atoms with Gasteiger partial charge in [-0.1, -0.05) is 6.92 Å². The van der Waals surface area contributed by atoms with Crippen molar-refractivity contribution >= 4 is 11.3 Å². The zero-order valence-electron chi connectivity index (χ0n) is 8.19. The third-order valence-corrected chi connectivity index (χ3v) is 2.97. The van der Waals surface area contributed by atoms with Gasteiger partial charge >= 0.3 is 0 Å². The topological polar surface area (TPSA) is 35.2 Å². The summed E-state index contributed by atoms with van der Waals surface area (Å²) in [4.78, 5) is 0. The lowest BCUT2D eigenvalue weighted by Gasteiger charge is -2.20. The Hall–Kier alpha value is -0.380. The van der Waals surface area contributed by atoms with Crippen LogP contribution in [0.15, 0.2) is 16.8 Å². The van der Waals surface area contributed by atoms with E-state index >= 15 is 0 Å². The molecular formula is C10H17NOS. The van der Waals surface area contributed by atoms with Gasteiger partial charge in [0.15, 0.2) is 0 Å². The highest BCUT2D eigenvalue weighted by molar-refractivity contribution is 7.07. The van der Waals surface area contributed by atoms with E-state index in [9.17, 15) is 0 Å². The third kappa shape index (κ3) is 3.10. The van der Waals surface area contributed by atoms with E-state index in [2.05, 4.69) is 23.8 Å². The maximum Gasteiger partial charge on any atom is 0.0722 e. The second-order valence-corrected chi connectivity index (χ2v) is 3.96. The first-order chi connectivity index (χ1) is 6.27. The number of nitrogens with two attached hydrogens (primary N) is 1. The molecule has 0 aliphatic heterocycles. The molecule has 0 saturated carbocycles. The second-order valence-electron chi connectivity index (χ2n) is 3.18. The van der Waals surface area contributed by atoms with Gasteiger partial charge in [0.05, 0.1) is 6.10 Å². The van der Waals surface area contributed by atoms with Crippen LogP contribution in [-0.4, -0.2) is 19.3 Å². The van der Waals surface area contributed by atoms with E-state index in [1.54, 1.807) is 18.4 Å². The fourth-order valence-corrected chi connectivity index (χ4v) is 2.14. The van der Waals surface area contributed by atoms with E-state index in [4.69, 9.17) is 10.5 Å². The Balaban J connectivity index is 2.44. The minimum Gasteiger partial charge on any atom is -0.380 e. The van der Waals surface area contributed by atoms with Gasteiger partial charge in [-0.05, 0) is 35.2 Å². The number of hydrogen-bond acceptors (Lipinski definition) is 3. The van der Waals surface area contributed by atoms with Gasteiger partial charge in [0.2, 0.25) is 0 Å². The Bertz CT molecular complexity index is 219. The van der Waals surface area contributed by atoms with Crippen LogP contribution in [0.1, 0.15) is 18.9 Å². The molecule has 2 N–H and O–H groups in total. The summed E-state index contributed by atoms with van der Waals surface area (Å²) in [6.45, 7) is 2.10. The predicted octanol–water partition coefficient (Wildman–Crippen LogP) is 2.04. The molecule has 1 aromatic rings. The van der Waals surface area contributed by atoms with Crippen LogP contribution in [0.3, 0.4) is 0 Å². The fraction of sp³-hybridized carbons (Fsp3) is 0.600. The summed E-state index contributed by atoms with van der Waals surface area (Å²) in [6, 6.07) is 2.23. The molecule has 2 atom stereocenters. The quantitative estimate of drug-likeness (QED) is 0.787. The summed E-state index contributed by atoms with van der Waals surface area (Å²) in [6.07, 6.45) is 2.07. The minimum absolute atomic E-state index is 0.115. The van der Waals surface area contributed by atoms with E-state index in [1.807, 2.05) is 0 Å². The second kappa shape index (κ2) is 5.37. The first kappa shape index (κ1) is 10.7. The highest BCUT2D eigenvalue weighted by Crippen LogP contribution is 2.11. The van der Waals surface area contributed by atoms with Crippen LogP contribution in [0.4, 0.5) is 0 Å². The lowest BCUT2D eigenvalue weighted by atomic mass is 10.0. The molecule has 0 aliphatic carbocycles. The van der Waals surface area contributed by atoms with Gasteiger partial charge in [-0.3, -0.25) is 0 Å². The van der Waals surface area contributed by atoms with Crippen LogP contribution in [0.2, 0.25) is 0 Å². The molecule has 0 amide bonds. The molecule has 13 heavy (non-hydrogen) atoms. The summed E-state index contributed by atoms with van der Waals surface area (Å²) in [5.74, 6) is 0. The monoisotopic (exact) mass is 199 g/mol. The zero-order valence-corrected chi connectivity index (χ0v) is 9.01. The van der Waals surface area contributed by atoms with Gasteiger partial charge in [0.25, 0.3) is 0 Å². The van der Waals surface area contributed by atoms with E-state index in [-0.39, 0.29) is 12.1 Å². The van der Waals surface area contributed by atoms with E-state index in [0.29, 0.717) is 0 Å². The van der Waals surface area contributed by atoms with Gasteiger partial charge in [-0.2, -0.15) is 11.3 Å². The number of methoxy groups -OCH3 is 1. The van der Waals surface area contributed by atoms with Gasteiger partial charge in [0.1, 0.15) is 0 Å². The number of rotatable bonds is 5. The van der Waals surface area contributed by atoms with E-state index < -0.39 is 0 Å². The molecule has 2 nitrogen and oxygen atoms in total. The summed E-state index contributed by atoms with van der Waals surface area (Å²) in [5, 5.41) is 4.22. The number of hydrogen-bond donors (Lipinski definition) is 1. The smallest absolute Gasteiger partial charge is 0.0722 e. The highest BCUT2D eigenvalue weighted by Gasteiger charge is 2.15. The molecule has 0 radical (unpaired) electrons. The van der Waals surface area contributed by atoms with Crippen molar-refractivity contribution in [2.75, 3.05) is 7.11 Å². The SMILES string of the molecule is CCC(OC)C(N)Cc1ccsc1. The molecule has 0 bridgehead atoms. The molecule has 1 rings (SSSR count). The number of ether oxygens (including phenoxy) is 1. The standard InChI is InChI=1S/C10H17NOS/c1-3-10(12-2)9(11)6-8-4-5-13-7-8/h4-5,7,9-10H,3,6,11H2,1-2H3. The summed E-state index contributed by atoms with van der Waals surface area (Å²) in [7, 11) is 1.72. The van der Waals surface area contributed by atoms with Crippen molar-refractivity contribution in [1.29, 1.82) is 0 Å². The third-order valence-electron chi connectivity index (χ3n) is 2.23. The van der Waals surface area contributed by atoms with Crippen molar-refractivity contribution in [1.82, 2.24) is 0 Å². The van der Waals surface area contributed by atoms with Gasteiger partial charge in [0, 0.05) is 13.2 Å². The molecule has 1 aromatic heterocycles.